The monoisotopic (exact) mass is 432 g/mol. The van der Waals surface area contributed by atoms with E-state index in [4.69, 9.17) is 9.47 Å². The van der Waals surface area contributed by atoms with Crippen molar-refractivity contribution in [2.24, 2.45) is 34.5 Å². The van der Waals surface area contributed by atoms with Crippen LogP contribution >= 0.6 is 0 Å². The Morgan fingerprint density at radius 2 is 1.65 bits per heavy atom. The van der Waals surface area contributed by atoms with Gasteiger partial charge in [-0.15, -0.1) is 0 Å². The van der Waals surface area contributed by atoms with Crippen molar-refractivity contribution in [3.05, 3.63) is 0 Å². The SMILES string of the molecule is CC(=O)OCC(=O)[C@@]1(OC(C)=O)CC[C@H]2[C@@H]3CC[C@H]4CC(=O)CC[C@]4(C)[C@@H]3CC[C@@]21C. The number of Topliss-reactive ketones (excluding diaryl/α,β-unsaturated/α-hetero) is 2. The Bertz CT molecular complexity index is 804. The molecule has 0 radical (unpaired) electrons. The molecule has 4 aliphatic rings. The van der Waals surface area contributed by atoms with E-state index in [-0.39, 0.29) is 17.8 Å². The van der Waals surface area contributed by atoms with Crippen molar-refractivity contribution in [1.82, 2.24) is 0 Å². The molecule has 0 aromatic carbocycles. The van der Waals surface area contributed by atoms with Crippen molar-refractivity contribution >= 4 is 23.5 Å². The standard InChI is InChI=1S/C25H36O6/c1-15(26)30-14-22(29)25(31-16(2)27)12-9-21-19-6-5-17-13-18(28)7-10-23(17,3)20(19)8-11-24(21,25)4/h17,19-21H,5-14H2,1-4H3/t17-,19+,20+,21-,23-,24-,25-/m0/s1. The van der Waals surface area contributed by atoms with Crippen LogP contribution < -0.4 is 0 Å². The number of rotatable bonds is 4. The molecule has 4 rings (SSSR count). The second kappa shape index (κ2) is 7.70. The number of ether oxygens (including phenoxy) is 2. The third-order valence-electron chi connectivity index (χ3n) is 9.78. The summed E-state index contributed by atoms with van der Waals surface area (Å²) in [7, 11) is 0. The van der Waals surface area contributed by atoms with Gasteiger partial charge in [0.1, 0.15) is 5.78 Å². The molecular formula is C25H36O6. The maximum absolute atomic E-state index is 13.4. The number of carbonyl (C=O) groups excluding carboxylic acids is 4. The lowest BCUT2D eigenvalue weighted by Gasteiger charge is -2.61. The van der Waals surface area contributed by atoms with Gasteiger partial charge in [-0.25, -0.2) is 0 Å². The minimum absolute atomic E-state index is 0.187. The van der Waals surface area contributed by atoms with Gasteiger partial charge in [0.2, 0.25) is 5.78 Å². The largest absolute Gasteiger partial charge is 0.458 e. The molecule has 0 heterocycles. The summed E-state index contributed by atoms with van der Waals surface area (Å²) in [6.07, 6.45) is 7.67. The Balaban J connectivity index is 1.64. The molecule has 0 unspecified atom stereocenters. The van der Waals surface area contributed by atoms with Gasteiger partial charge in [0.25, 0.3) is 0 Å². The van der Waals surface area contributed by atoms with Crippen molar-refractivity contribution in [2.75, 3.05) is 6.61 Å². The van der Waals surface area contributed by atoms with Gasteiger partial charge in [-0.05, 0) is 74.0 Å². The van der Waals surface area contributed by atoms with Gasteiger partial charge in [-0.1, -0.05) is 13.8 Å². The first-order chi connectivity index (χ1) is 14.5. The first kappa shape index (κ1) is 22.5. The predicted molar refractivity (Wildman–Crippen MR) is 113 cm³/mol. The highest BCUT2D eigenvalue weighted by molar-refractivity contribution is 5.93. The van der Waals surface area contributed by atoms with Gasteiger partial charge >= 0.3 is 11.9 Å². The summed E-state index contributed by atoms with van der Waals surface area (Å²) in [6.45, 7) is 6.80. The molecule has 4 saturated carbocycles. The highest BCUT2D eigenvalue weighted by Crippen LogP contribution is 2.68. The van der Waals surface area contributed by atoms with E-state index < -0.39 is 23.0 Å². The molecule has 6 nitrogen and oxygen atoms in total. The Morgan fingerprint density at radius 1 is 0.935 bits per heavy atom. The van der Waals surface area contributed by atoms with Gasteiger partial charge in [0.05, 0.1) is 0 Å². The molecule has 7 atom stereocenters. The van der Waals surface area contributed by atoms with Crippen LogP contribution in [0.5, 0.6) is 0 Å². The van der Waals surface area contributed by atoms with Crippen molar-refractivity contribution in [1.29, 1.82) is 0 Å². The Kier molecular flexibility index (Phi) is 5.58. The van der Waals surface area contributed by atoms with Crippen LogP contribution in [0.2, 0.25) is 0 Å². The van der Waals surface area contributed by atoms with E-state index in [1.165, 1.54) is 13.8 Å². The van der Waals surface area contributed by atoms with Crippen LogP contribution in [0.4, 0.5) is 0 Å². The first-order valence-electron chi connectivity index (χ1n) is 11.9. The first-order valence-corrected chi connectivity index (χ1v) is 11.9. The topological polar surface area (TPSA) is 86.7 Å². The molecule has 0 saturated heterocycles. The fourth-order valence-electron chi connectivity index (χ4n) is 8.26. The zero-order valence-corrected chi connectivity index (χ0v) is 19.3. The number of fused-ring (bicyclic) bond motifs is 5. The van der Waals surface area contributed by atoms with E-state index in [1.54, 1.807) is 0 Å². The molecule has 4 fully saturated rings. The minimum atomic E-state index is -1.22. The number of carbonyl (C=O) groups is 4. The van der Waals surface area contributed by atoms with Gasteiger partial charge in [0, 0.05) is 32.1 Å². The van der Waals surface area contributed by atoms with E-state index in [1.807, 2.05) is 0 Å². The molecule has 0 amide bonds. The van der Waals surface area contributed by atoms with Crippen molar-refractivity contribution in [3.63, 3.8) is 0 Å². The van der Waals surface area contributed by atoms with Crippen molar-refractivity contribution in [2.45, 2.75) is 91.1 Å². The number of ketones is 2. The van der Waals surface area contributed by atoms with Crippen LogP contribution in [-0.4, -0.2) is 35.7 Å². The molecule has 31 heavy (non-hydrogen) atoms. The zero-order valence-electron chi connectivity index (χ0n) is 19.3. The van der Waals surface area contributed by atoms with E-state index in [2.05, 4.69) is 13.8 Å². The fourth-order valence-corrected chi connectivity index (χ4v) is 8.26. The van der Waals surface area contributed by atoms with Crippen LogP contribution in [0.1, 0.15) is 85.5 Å². The van der Waals surface area contributed by atoms with Gasteiger partial charge < -0.3 is 9.47 Å². The maximum Gasteiger partial charge on any atom is 0.303 e. The smallest absolute Gasteiger partial charge is 0.303 e. The molecule has 0 N–H and O–H groups in total. The predicted octanol–water partition coefficient (Wildman–Crippen LogP) is 4.03. The summed E-state index contributed by atoms with van der Waals surface area (Å²) in [6, 6.07) is 0. The van der Waals surface area contributed by atoms with Crippen molar-refractivity contribution in [3.8, 4) is 0 Å². The average Bonchev–Trinajstić information content (AvgIpc) is 2.99. The van der Waals surface area contributed by atoms with E-state index in [0.29, 0.717) is 42.3 Å². The molecule has 0 aliphatic heterocycles. The summed E-state index contributed by atoms with van der Waals surface area (Å²) in [5, 5.41) is 0. The Hall–Kier alpha value is -1.72. The number of hydrogen-bond donors (Lipinski definition) is 0. The lowest BCUT2D eigenvalue weighted by molar-refractivity contribution is -0.194. The van der Waals surface area contributed by atoms with Crippen LogP contribution in [0.3, 0.4) is 0 Å². The molecule has 6 heteroatoms. The van der Waals surface area contributed by atoms with Crippen LogP contribution in [0.25, 0.3) is 0 Å². The second-order valence-electron chi connectivity index (χ2n) is 11.0. The highest BCUT2D eigenvalue weighted by Gasteiger charge is 2.69. The maximum atomic E-state index is 13.4. The summed E-state index contributed by atoms with van der Waals surface area (Å²) < 4.78 is 10.9. The third-order valence-corrected chi connectivity index (χ3v) is 9.78. The van der Waals surface area contributed by atoms with Crippen LogP contribution in [0.15, 0.2) is 0 Å². The lowest BCUT2D eigenvalue weighted by Crippen LogP contribution is -2.60. The summed E-state index contributed by atoms with van der Waals surface area (Å²) in [5.74, 6) is 0.958. The van der Waals surface area contributed by atoms with E-state index in [9.17, 15) is 19.2 Å². The summed E-state index contributed by atoms with van der Waals surface area (Å²) in [5.41, 5.74) is -1.48. The lowest BCUT2D eigenvalue weighted by atomic mass is 9.44. The van der Waals surface area contributed by atoms with E-state index in [0.717, 1.165) is 44.9 Å². The van der Waals surface area contributed by atoms with Crippen LogP contribution in [-0.2, 0) is 28.7 Å². The van der Waals surface area contributed by atoms with Gasteiger partial charge in [0.15, 0.2) is 12.2 Å². The summed E-state index contributed by atoms with van der Waals surface area (Å²) >= 11 is 0. The zero-order chi connectivity index (χ0) is 22.6. The van der Waals surface area contributed by atoms with E-state index >= 15 is 0 Å². The molecule has 0 aromatic heterocycles. The Labute approximate surface area is 184 Å². The molecular weight excluding hydrogens is 396 g/mol. The minimum Gasteiger partial charge on any atom is -0.458 e. The normalized spacial score (nSPS) is 43.9. The fraction of sp³-hybridized carbons (Fsp3) is 0.840. The highest BCUT2D eigenvalue weighted by atomic mass is 16.6. The van der Waals surface area contributed by atoms with Gasteiger partial charge in [-0.3, -0.25) is 19.2 Å². The van der Waals surface area contributed by atoms with Gasteiger partial charge in [-0.2, -0.15) is 0 Å². The van der Waals surface area contributed by atoms with Crippen molar-refractivity contribution < 1.29 is 28.7 Å². The third kappa shape index (κ3) is 3.36. The number of hydrogen-bond acceptors (Lipinski definition) is 6. The number of esters is 2. The summed E-state index contributed by atoms with van der Waals surface area (Å²) in [4.78, 5) is 48.9. The molecule has 0 bridgehead atoms. The second-order valence-corrected chi connectivity index (χ2v) is 11.0. The molecule has 0 aromatic rings. The Morgan fingerprint density at radius 3 is 2.32 bits per heavy atom. The molecule has 4 aliphatic carbocycles. The quantitative estimate of drug-likeness (QED) is 0.623. The average molecular weight is 433 g/mol. The molecule has 172 valence electrons. The molecule has 0 spiro atoms. The van der Waals surface area contributed by atoms with Crippen LogP contribution in [0, 0.1) is 34.5 Å².